The first-order chi connectivity index (χ1) is 12.7. The van der Waals surface area contributed by atoms with Crippen molar-refractivity contribution in [2.24, 2.45) is 0 Å². The van der Waals surface area contributed by atoms with Gasteiger partial charge in [0.05, 0.1) is 15.7 Å². The molecule has 1 aliphatic heterocycles. The Kier molecular flexibility index (Phi) is 7.04. The van der Waals surface area contributed by atoms with E-state index < -0.39 is 18.5 Å². The van der Waals surface area contributed by atoms with Crippen LogP contribution in [0.4, 0.5) is 10.5 Å². The van der Waals surface area contributed by atoms with Gasteiger partial charge in [-0.1, -0.05) is 29.3 Å². The molecule has 0 bridgehead atoms. The van der Waals surface area contributed by atoms with Crippen LogP contribution in [-0.2, 0) is 19.1 Å². The third kappa shape index (κ3) is 5.33. The summed E-state index contributed by atoms with van der Waals surface area (Å²) in [7, 11) is 1.53. The molecule has 1 aromatic rings. The molecule has 10 heteroatoms. The lowest BCUT2D eigenvalue weighted by Gasteiger charge is -2.13. The molecule has 1 fully saturated rings. The number of nitrogens with one attached hydrogen (secondary N) is 1. The summed E-state index contributed by atoms with van der Waals surface area (Å²) >= 11 is 12.1. The molecular formula is C17H19Cl2N3O5. The molecule has 0 aromatic heterocycles. The van der Waals surface area contributed by atoms with Crippen LogP contribution in [-0.4, -0.2) is 60.4 Å². The molecule has 146 valence electrons. The molecule has 1 aliphatic rings. The van der Waals surface area contributed by atoms with E-state index in [9.17, 15) is 19.2 Å². The zero-order valence-corrected chi connectivity index (χ0v) is 16.4. The van der Waals surface area contributed by atoms with Crippen LogP contribution in [0.3, 0.4) is 0 Å². The minimum absolute atomic E-state index is 0.0278. The highest BCUT2D eigenvalue weighted by Crippen LogP contribution is 2.32. The van der Waals surface area contributed by atoms with Gasteiger partial charge in [-0.05, 0) is 25.0 Å². The maximum atomic E-state index is 11.9. The second-order valence-electron chi connectivity index (χ2n) is 6.05. The van der Waals surface area contributed by atoms with Gasteiger partial charge < -0.3 is 15.0 Å². The van der Waals surface area contributed by atoms with Crippen LogP contribution in [0.5, 0.6) is 0 Å². The van der Waals surface area contributed by atoms with Crippen molar-refractivity contribution in [3.63, 3.8) is 0 Å². The van der Waals surface area contributed by atoms with Crippen molar-refractivity contribution < 1.29 is 23.9 Å². The van der Waals surface area contributed by atoms with Gasteiger partial charge in [0.15, 0.2) is 6.61 Å². The Hall–Kier alpha value is -2.32. The van der Waals surface area contributed by atoms with E-state index >= 15 is 0 Å². The van der Waals surface area contributed by atoms with Crippen LogP contribution in [0.2, 0.25) is 10.0 Å². The van der Waals surface area contributed by atoms with Crippen molar-refractivity contribution in [1.82, 2.24) is 9.80 Å². The number of amides is 4. The van der Waals surface area contributed by atoms with E-state index in [4.69, 9.17) is 27.9 Å². The number of esters is 1. The molecular weight excluding hydrogens is 397 g/mol. The van der Waals surface area contributed by atoms with Crippen LogP contribution in [0, 0.1) is 6.92 Å². The number of rotatable bonds is 7. The quantitative estimate of drug-likeness (QED) is 0.544. The molecule has 1 saturated heterocycles. The lowest BCUT2D eigenvalue weighted by Crippen LogP contribution is -2.32. The average Bonchev–Trinajstić information content (AvgIpc) is 2.86. The van der Waals surface area contributed by atoms with Crippen molar-refractivity contribution in [3.8, 4) is 0 Å². The molecule has 1 aromatic carbocycles. The molecule has 2 rings (SSSR count). The topological polar surface area (TPSA) is 96.0 Å². The van der Waals surface area contributed by atoms with Crippen molar-refractivity contribution in [1.29, 1.82) is 0 Å². The fourth-order valence-corrected chi connectivity index (χ4v) is 2.90. The van der Waals surface area contributed by atoms with E-state index in [1.807, 2.05) is 0 Å². The number of nitrogens with zero attached hydrogens (tertiary/aromatic N) is 2. The molecule has 1 heterocycles. The third-order valence-corrected chi connectivity index (χ3v) is 4.71. The Bertz CT molecular complexity index is 784. The molecule has 8 nitrogen and oxygen atoms in total. The molecule has 0 aliphatic carbocycles. The van der Waals surface area contributed by atoms with Crippen molar-refractivity contribution in [3.05, 3.63) is 27.7 Å². The Balaban J connectivity index is 1.74. The van der Waals surface area contributed by atoms with Crippen molar-refractivity contribution in [2.75, 3.05) is 32.1 Å². The summed E-state index contributed by atoms with van der Waals surface area (Å²) in [4.78, 5) is 49.4. The van der Waals surface area contributed by atoms with Crippen molar-refractivity contribution in [2.45, 2.75) is 19.8 Å². The number of carbonyl (C=O) groups is 4. The second kappa shape index (κ2) is 9.05. The van der Waals surface area contributed by atoms with Crippen LogP contribution in [0.15, 0.2) is 12.1 Å². The van der Waals surface area contributed by atoms with Crippen LogP contribution in [0.25, 0.3) is 0 Å². The molecule has 0 radical (unpaired) electrons. The molecule has 27 heavy (non-hydrogen) atoms. The summed E-state index contributed by atoms with van der Waals surface area (Å²) in [5.41, 5.74) is 1.000. The highest BCUT2D eigenvalue weighted by Gasteiger charge is 2.32. The van der Waals surface area contributed by atoms with E-state index in [-0.39, 0.29) is 48.6 Å². The number of imide groups is 1. The van der Waals surface area contributed by atoms with Crippen LogP contribution >= 0.6 is 23.2 Å². The summed E-state index contributed by atoms with van der Waals surface area (Å²) < 4.78 is 4.89. The zero-order valence-electron chi connectivity index (χ0n) is 14.9. The number of benzene rings is 1. The molecule has 0 saturated carbocycles. The van der Waals surface area contributed by atoms with Gasteiger partial charge in [-0.15, -0.1) is 0 Å². The number of hydrogen-bond donors (Lipinski definition) is 1. The van der Waals surface area contributed by atoms with E-state index in [1.165, 1.54) is 11.9 Å². The number of likely N-dealkylation sites (N-methyl/N-ethyl adjacent to an activating group) is 1. The van der Waals surface area contributed by atoms with Gasteiger partial charge in [0.25, 0.3) is 5.91 Å². The van der Waals surface area contributed by atoms with E-state index in [0.717, 1.165) is 10.5 Å². The highest BCUT2D eigenvalue weighted by atomic mass is 35.5. The van der Waals surface area contributed by atoms with Gasteiger partial charge in [-0.25, -0.2) is 4.79 Å². The van der Waals surface area contributed by atoms with Gasteiger partial charge in [0, 0.05) is 20.0 Å². The summed E-state index contributed by atoms with van der Waals surface area (Å²) in [6.07, 6.45) is 0.224. The normalized spacial score (nSPS) is 13.9. The monoisotopic (exact) mass is 415 g/mol. The predicted molar refractivity (Wildman–Crippen MR) is 99.8 cm³/mol. The van der Waals surface area contributed by atoms with Gasteiger partial charge in [-0.3, -0.25) is 19.3 Å². The van der Waals surface area contributed by atoms with E-state index in [2.05, 4.69) is 5.32 Å². The van der Waals surface area contributed by atoms with Gasteiger partial charge in [0.1, 0.15) is 6.54 Å². The first-order valence-corrected chi connectivity index (χ1v) is 8.92. The lowest BCUT2D eigenvalue weighted by molar-refractivity contribution is -0.147. The first-order valence-electron chi connectivity index (χ1n) is 8.16. The lowest BCUT2D eigenvalue weighted by atomic mass is 10.2. The maximum absolute atomic E-state index is 11.9. The fourth-order valence-electron chi connectivity index (χ4n) is 2.44. The standard InChI is InChI=1S/C17H19Cl2N3O5/c1-10-5-6-11(18)16(15(10)19)20-12(23)9-27-14(25)4-3-7-22-13(24)8-21(2)17(22)26/h5-6H,3-4,7-9H2,1-2H3,(H,20,23). The number of anilines is 1. The molecule has 0 unspecified atom stereocenters. The van der Waals surface area contributed by atoms with Gasteiger partial charge in [0.2, 0.25) is 5.91 Å². The van der Waals surface area contributed by atoms with Crippen LogP contribution < -0.4 is 5.32 Å². The summed E-state index contributed by atoms with van der Waals surface area (Å²) in [6, 6.07) is 2.93. The fraction of sp³-hybridized carbons (Fsp3) is 0.412. The predicted octanol–water partition coefficient (Wildman–Crippen LogP) is 2.46. The number of aryl methyl sites for hydroxylation is 1. The number of ether oxygens (including phenoxy) is 1. The highest BCUT2D eigenvalue weighted by molar-refractivity contribution is 6.40. The smallest absolute Gasteiger partial charge is 0.326 e. The second-order valence-corrected chi connectivity index (χ2v) is 6.83. The number of carbonyl (C=O) groups excluding carboxylic acids is 4. The largest absolute Gasteiger partial charge is 0.456 e. The zero-order chi connectivity index (χ0) is 20.1. The van der Waals surface area contributed by atoms with Gasteiger partial charge >= 0.3 is 12.0 Å². The van der Waals surface area contributed by atoms with Crippen LogP contribution in [0.1, 0.15) is 18.4 Å². The average molecular weight is 416 g/mol. The summed E-state index contributed by atoms with van der Waals surface area (Å²) in [5.74, 6) is -1.49. The van der Waals surface area contributed by atoms with E-state index in [1.54, 1.807) is 19.1 Å². The number of hydrogen-bond acceptors (Lipinski definition) is 5. The minimum atomic E-state index is -0.612. The van der Waals surface area contributed by atoms with E-state index in [0.29, 0.717) is 5.02 Å². The molecule has 0 atom stereocenters. The SMILES string of the molecule is Cc1ccc(Cl)c(NC(=O)COC(=O)CCCN2C(=O)CN(C)C2=O)c1Cl. The third-order valence-electron chi connectivity index (χ3n) is 3.91. The molecule has 4 amide bonds. The van der Waals surface area contributed by atoms with Crippen molar-refractivity contribution >= 4 is 52.7 Å². The Morgan fingerprint density at radius 2 is 1.96 bits per heavy atom. The summed E-state index contributed by atoms with van der Waals surface area (Å²) in [6.45, 7) is 1.43. The maximum Gasteiger partial charge on any atom is 0.326 e. The Labute approximate surface area is 166 Å². The summed E-state index contributed by atoms with van der Waals surface area (Å²) in [5, 5.41) is 3.09. The first kappa shape index (κ1) is 21.0. The minimum Gasteiger partial charge on any atom is -0.456 e. The molecule has 1 N–H and O–H groups in total. The Morgan fingerprint density at radius 1 is 1.26 bits per heavy atom. The number of urea groups is 1. The Morgan fingerprint density at radius 3 is 2.59 bits per heavy atom. The van der Waals surface area contributed by atoms with Gasteiger partial charge in [-0.2, -0.15) is 0 Å². The molecule has 0 spiro atoms. The number of halogens is 2.